The summed E-state index contributed by atoms with van der Waals surface area (Å²) in [4.78, 5) is 10.9. The van der Waals surface area contributed by atoms with Crippen LogP contribution in [0.4, 0.5) is 5.82 Å². The van der Waals surface area contributed by atoms with E-state index < -0.39 is 0 Å². The third-order valence-electron chi connectivity index (χ3n) is 3.84. The number of benzene rings is 1. The number of pyridine rings is 1. The van der Waals surface area contributed by atoms with Gasteiger partial charge >= 0.3 is 0 Å². The predicted molar refractivity (Wildman–Crippen MR) is 85.0 cm³/mol. The van der Waals surface area contributed by atoms with Crippen LogP contribution in [0.3, 0.4) is 0 Å². The standard InChI is InChI=1S/C16H19N5/c1-3-21-14(17)12-8-9-13(19-15(12)20-16(21)18)11-7-5-4-6-10(11)2/h4-9,14H,3,17H2,1-2H3,(H2,18,19,20). The van der Waals surface area contributed by atoms with Crippen molar-refractivity contribution in [2.45, 2.75) is 20.0 Å². The zero-order valence-electron chi connectivity index (χ0n) is 12.2. The Morgan fingerprint density at radius 1 is 1.19 bits per heavy atom. The van der Waals surface area contributed by atoms with Gasteiger partial charge in [0.1, 0.15) is 6.17 Å². The first-order valence-corrected chi connectivity index (χ1v) is 7.05. The predicted octanol–water partition coefficient (Wildman–Crippen LogP) is 2.30. The van der Waals surface area contributed by atoms with Gasteiger partial charge in [-0.05, 0) is 31.5 Å². The molecule has 2 heterocycles. The fraction of sp³-hybridized carbons (Fsp3) is 0.250. The van der Waals surface area contributed by atoms with E-state index >= 15 is 0 Å². The van der Waals surface area contributed by atoms with Gasteiger partial charge in [0, 0.05) is 17.7 Å². The van der Waals surface area contributed by atoms with Gasteiger partial charge in [0.2, 0.25) is 0 Å². The Kier molecular flexibility index (Phi) is 3.35. The summed E-state index contributed by atoms with van der Waals surface area (Å²) in [7, 11) is 0. The number of hydrogen-bond acceptors (Lipinski definition) is 5. The van der Waals surface area contributed by atoms with E-state index in [2.05, 4.69) is 29.0 Å². The maximum absolute atomic E-state index is 6.24. The van der Waals surface area contributed by atoms with Crippen LogP contribution in [-0.4, -0.2) is 22.4 Å². The number of hydrogen-bond donors (Lipinski definition) is 2. The van der Waals surface area contributed by atoms with Crippen molar-refractivity contribution in [1.29, 1.82) is 0 Å². The van der Waals surface area contributed by atoms with E-state index in [1.165, 1.54) is 5.56 Å². The minimum absolute atomic E-state index is 0.291. The number of nitrogens with two attached hydrogens (primary N) is 2. The zero-order chi connectivity index (χ0) is 15.0. The van der Waals surface area contributed by atoms with Crippen LogP contribution in [0, 0.1) is 6.92 Å². The lowest BCUT2D eigenvalue weighted by Crippen LogP contribution is -2.45. The molecule has 1 atom stereocenters. The first-order chi connectivity index (χ1) is 10.1. The molecule has 5 nitrogen and oxygen atoms in total. The molecule has 0 saturated carbocycles. The van der Waals surface area contributed by atoms with Crippen LogP contribution in [0.1, 0.15) is 24.2 Å². The molecule has 2 aromatic rings. The summed E-state index contributed by atoms with van der Waals surface area (Å²) in [5.74, 6) is 1.04. The maximum Gasteiger partial charge on any atom is 0.199 e. The van der Waals surface area contributed by atoms with E-state index in [1.54, 1.807) is 0 Å². The fourth-order valence-corrected chi connectivity index (χ4v) is 2.63. The van der Waals surface area contributed by atoms with E-state index in [0.29, 0.717) is 11.8 Å². The highest BCUT2D eigenvalue weighted by Crippen LogP contribution is 2.32. The normalized spacial score (nSPS) is 17.4. The van der Waals surface area contributed by atoms with Crippen molar-refractivity contribution < 1.29 is 0 Å². The van der Waals surface area contributed by atoms with Crippen molar-refractivity contribution in [3.05, 3.63) is 47.5 Å². The summed E-state index contributed by atoms with van der Waals surface area (Å²) in [5, 5.41) is 0. The summed E-state index contributed by atoms with van der Waals surface area (Å²) in [6.07, 6.45) is -0.291. The van der Waals surface area contributed by atoms with Gasteiger partial charge in [0.25, 0.3) is 0 Å². The zero-order valence-corrected chi connectivity index (χ0v) is 12.2. The molecule has 0 radical (unpaired) electrons. The lowest BCUT2D eigenvalue weighted by atomic mass is 10.0. The molecule has 0 fully saturated rings. The Morgan fingerprint density at radius 2 is 1.95 bits per heavy atom. The van der Waals surface area contributed by atoms with Crippen LogP contribution in [-0.2, 0) is 0 Å². The van der Waals surface area contributed by atoms with Gasteiger partial charge in [-0.25, -0.2) is 4.98 Å². The molecular weight excluding hydrogens is 262 g/mol. The molecule has 0 saturated heterocycles. The molecule has 1 aliphatic heterocycles. The molecule has 0 spiro atoms. The van der Waals surface area contributed by atoms with Crippen molar-refractivity contribution in [3.8, 4) is 11.3 Å². The molecule has 1 aromatic carbocycles. The number of aromatic nitrogens is 1. The molecule has 0 bridgehead atoms. The van der Waals surface area contributed by atoms with Crippen molar-refractivity contribution in [3.63, 3.8) is 0 Å². The molecular formula is C16H19N5. The molecule has 3 rings (SSSR count). The molecule has 1 aromatic heterocycles. The summed E-state index contributed by atoms with van der Waals surface area (Å²) >= 11 is 0. The second-order valence-corrected chi connectivity index (χ2v) is 5.13. The van der Waals surface area contributed by atoms with E-state index in [1.807, 2.05) is 36.1 Å². The molecule has 0 amide bonds. The molecule has 5 heteroatoms. The number of fused-ring (bicyclic) bond motifs is 1. The van der Waals surface area contributed by atoms with Gasteiger partial charge in [-0.2, -0.15) is 4.99 Å². The summed E-state index contributed by atoms with van der Waals surface area (Å²) in [5.41, 5.74) is 16.3. The van der Waals surface area contributed by atoms with Gasteiger partial charge in [-0.3, -0.25) is 0 Å². The Labute approximate surface area is 124 Å². The number of rotatable bonds is 2. The molecule has 21 heavy (non-hydrogen) atoms. The fourth-order valence-electron chi connectivity index (χ4n) is 2.63. The lowest BCUT2D eigenvalue weighted by molar-refractivity contribution is 0.329. The maximum atomic E-state index is 6.24. The quantitative estimate of drug-likeness (QED) is 0.885. The Balaban J connectivity index is 2.10. The minimum Gasteiger partial charge on any atom is -0.369 e. The third kappa shape index (κ3) is 2.25. The molecule has 1 aliphatic rings. The van der Waals surface area contributed by atoms with Crippen LogP contribution in [0.15, 0.2) is 41.4 Å². The smallest absolute Gasteiger partial charge is 0.199 e. The summed E-state index contributed by atoms with van der Waals surface area (Å²) in [6, 6.07) is 12.1. The van der Waals surface area contributed by atoms with Gasteiger partial charge in [0.05, 0.1) is 5.69 Å². The summed E-state index contributed by atoms with van der Waals surface area (Å²) in [6.45, 7) is 4.79. The third-order valence-corrected chi connectivity index (χ3v) is 3.84. The lowest BCUT2D eigenvalue weighted by Gasteiger charge is -2.32. The SMILES string of the molecule is CCN1C(N)=Nc2nc(-c3ccccc3C)ccc2C1N. The first-order valence-electron chi connectivity index (χ1n) is 7.05. The van der Waals surface area contributed by atoms with Crippen LogP contribution in [0.2, 0.25) is 0 Å². The topological polar surface area (TPSA) is 80.5 Å². The van der Waals surface area contributed by atoms with Gasteiger partial charge in [-0.1, -0.05) is 24.3 Å². The Bertz CT molecular complexity index is 708. The number of aryl methyl sites for hydroxylation is 1. The largest absolute Gasteiger partial charge is 0.369 e. The van der Waals surface area contributed by atoms with Gasteiger partial charge < -0.3 is 16.4 Å². The van der Waals surface area contributed by atoms with E-state index in [0.717, 1.165) is 23.4 Å². The van der Waals surface area contributed by atoms with Crippen molar-refractivity contribution >= 4 is 11.8 Å². The van der Waals surface area contributed by atoms with Crippen molar-refractivity contribution in [2.24, 2.45) is 16.5 Å². The first kappa shape index (κ1) is 13.6. The Morgan fingerprint density at radius 3 is 2.67 bits per heavy atom. The van der Waals surface area contributed by atoms with Crippen LogP contribution in [0.25, 0.3) is 11.3 Å². The number of nitrogens with zero attached hydrogens (tertiary/aromatic N) is 3. The molecule has 4 N–H and O–H groups in total. The second-order valence-electron chi connectivity index (χ2n) is 5.13. The van der Waals surface area contributed by atoms with Crippen LogP contribution < -0.4 is 11.5 Å². The highest BCUT2D eigenvalue weighted by Gasteiger charge is 2.25. The van der Waals surface area contributed by atoms with E-state index in [4.69, 9.17) is 11.5 Å². The van der Waals surface area contributed by atoms with E-state index in [-0.39, 0.29) is 6.17 Å². The summed E-state index contributed by atoms with van der Waals surface area (Å²) < 4.78 is 0. The molecule has 108 valence electrons. The van der Waals surface area contributed by atoms with Crippen molar-refractivity contribution in [1.82, 2.24) is 9.88 Å². The van der Waals surface area contributed by atoms with E-state index in [9.17, 15) is 0 Å². The van der Waals surface area contributed by atoms with Gasteiger partial charge in [-0.15, -0.1) is 0 Å². The Hall–Kier alpha value is -2.40. The van der Waals surface area contributed by atoms with Gasteiger partial charge in [0.15, 0.2) is 11.8 Å². The molecule has 1 unspecified atom stereocenters. The number of guanidine groups is 1. The highest BCUT2D eigenvalue weighted by molar-refractivity contribution is 5.84. The average molecular weight is 281 g/mol. The average Bonchev–Trinajstić information content (AvgIpc) is 2.47. The highest BCUT2D eigenvalue weighted by atomic mass is 15.3. The van der Waals surface area contributed by atoms with Crippen LogP contribution in [0.5, 0.6) is 0 Å². The molecule has 0 aliphatic carbocycles. The number of aliphatic imine (C=N–C) groups is 1. The second kappa shape index (κ2) is 5.18. The van der Waals surface area contributed by atoms with Crippen LogP contribution >= 0.6 is 0 Å². The monoisotopic (exact) mass is 281 g/mol. The minimum atomic E-state index is -0.291. The van der Waals surface area contributed by atoms with Crippen molar-refractivity contribution in [2.75, 3.05) is 6.54 Å².